The van der Waals surface area contributed by atoms with Crippen LogP contribution in [0, 0.1) is 5.82 Å². The molecule has 2 aromatic rings. The summed E-state index contributed by atoms with van der Waals surface area (Å²) in [4.78, 5) is 11.7. The van der Waals surface area contributed by atoms with Crippen molar-refractivity contribution in [1.29, 1.82) is 0 Å². The molecule has 0 aliphatic rings. The van der Waals surface area contributed by atoms with Gasteiger partial charge in [0, 0.05) is 25.5 Å². The van der Waals surface area contributed by atoms with E-state index in [0.29, 0.717) is 19.5 Å². The van der Waals surface area contributed by atoms with E-state index in [4.69, 9.17) is 0 Å². The molecule has 0 bridgehead atoms. The second-order valence-corrected chi connectivity index (χ2v) is 7.29. The van der Waals surface area contributed by atoms with E-state index in [1.165, 1.54) is 13.0 Å². The quantitative estimate of drug-likeness (QED) is 0.744. The molecule has 0 radical (unpaired) electrons. The number of benzene rings is 1. The first-order chi connectivity index (χ1) is 11.4. The van der Waals surface area contributed by atoms with Crippen LogP contribution in [-0.4, -0.2) is 36.5 Å². The van der Waals surface area contributed by atoms with E-state index in [2.05, 4.69) is 15.7 Å². The maximum absolute atomic E-state index is 13.3. The summed E-state index contributed by atoms with van der Waals surface area (Å²) in [5.74, 6) is -0.858. The number of hydrogen-bond acceptors (Lipinski definition) is 4. The van der Waals surface area contributed by atoms with Crippen LogP contribution in [0.5, 0.6) is 0 Å². The van der Waals surface area contributed by atoms with Crippen LogP contribution in [-0.2, 0) is 16.4 Å². The number of halogens is 1. The van der Waals surface area contributed by atoms with Gasteiger partial charge in [-0.05, 0) is 30.7 Å². The lowest BCUT2D eigenvalue weighted by Crippen LogP contribution is -2.30. The second-order valence-electron chi connectivity index (χ2n) is 5.05. The maximum atomic E-state index is 13.3. The van der Waals surface area contributed by atoms with Gasteiger partial charge in [-0.1, -0.05) is 6.92 Å². The topological polar surface area (TPSA) is 93.1 Å². The number of sulfone groups is 1. The Morgan fingerprint density at radius 1 is 1.38 bits per heavy atom. The maximum Gasteiger partial charge on any atom is 0.319 e. The van der Waals surface area contributed by atoms with Crippen LogP contribution in [0.3, 0.4) is 0 Å². The van der Waals surface area contributed by atoms with Crippen molar-refractivity contribution in [2.24, 2.45) is 0 Å². The Labute approximate surface area is 139 Å². The summed E-state index contributed by atoms with van der Waals surface area (Å²) in [5, 5.41) is 9.12. The largest absolute Gasteiger partial charge is 0.338 e. The Balaban J connectivity index is 1.94. The van der Waals surface area contributed by atoms with Crippen molar-refractivity contribution in [2.75, 3.05) is 17.6 Å². The lowest BCUT2D eigenvalue weighted by molar-refractivity contribution is 0.251. The predicted molar refractivity (Wildman–Crippen MR) is 88.0 cm³/mol. The third-order valence-corrected chi connectivity index (χ3v) is 5.08. The molecule has 0 unspecified atom stereocenters. The van der Waals surface area contributed by atoms with Crippen molar-refractivity contribution in [3.63, 3.8) is 0 Å². The standard InChI is InChI=1S/C15H19FN4O3S/c1-2-24(22,23)14-11-12(16)5-6-13(14)19-15(21)17-7-3-9-20-10-4-8-18-20/h4-6,8,10-11H,2-3,7,9H2,1H3,(H2,17,19,21). The molecule has 7 nitrogen and oxygen atoms in total. The zero-order valence-electron chi connectivity index (χ0n) is 13.2. The minimum Gasteiger partial charge on any atom is -0.338 e. The molecule has 2 rings (SSSR count). The predicted octanol–water partition coefficient (Wildman–Crippen LogP) is 2.03. The summed E-state index contributed by atoms with van der Waals surface area (Å²) >= 11 is 0. The molecule has 1 aromatic carbocycles. The van der Waals surface area contributed by atoms with Gasteiger partial charge in [-0.3, -0.25) is 4.68 Å². The third-order valence-electron chi connectivity index (χ3n) is 3.32. The minimum absolute atomic E-state index is 0.0582. The van der Waals surface area contributed by atoms with Gasteiger partial charge in [0.25, 0.3) is 0 Å². The fourth-order valence-corrected chi connectivity index (χ4v) is 3.11. The van der Waals surface area contributed by atoms with Gasteiger partial charge < -0.3 is 10.6 Å². The van der Waals surface area contributed by atoms with E-state index in [1.54, 1.807) is 10.9 Å². The molecule has 0 atom stereocenters. The van der Waals surface area contributed by atoms with E-state index < -0.39 is 21.7 Å². The summed E-state index contributed by atoms with van der Waals surface area (Å²) in [5.41, 5.74) is 0.0582. The van der Waals surface area contributed by atoms with Crippen molar-refractivity contribution in [3.8, 4) is 0 Å². The summed E-state index contributed by atoms with van der Waals surface area (Å²) in [6, 6.07) is 4.51. The highest BCUT2D eigenvalue weighted by Gasteiger charge is 2.19. The number of rotatable bonds is 7. The van der Waals surface area contributed by atoms with Crippen molar-refractivity contribution < 1.29 is 17.6 Å². The minimum atomic E-state index is -3.65. The van der Waals surface area contributed by atoms with E-state index in [-0.39, 0.29) is 16.3 Å². The van der Waals surface area contributed by atoms with Crippen molar-refractivity contribution in [2.45, 2.75) is 24.8 Å². The van der Waals surface area contributed by atoms with Gasteiger partial charge in [-0.25, -0.2) is 17.6 Å². The molecule has 0 aliphatic carbocycles. The summed E-state index contributed by atoms with van der Waals surface area (Å²) in [6.07, 6.45) is 4.16. The molecule has 1 aromatic heterocycles. The average molecular weight is 354 g/mol. The monoisotopic (exact) mass is 354 g/mol. The fraction of sp³-hybridized carbons (Fsp3) is 0.333. The summed E-state index contributed by atoms with van der Waals surface area (Å²) < 4.78 is 39.1. The van der Waals surface area contributed by atoms with Crippen LogP contribution in [0.2, 0.25) is 0 Å². The number of urea groups is 1. The lowest BCUT2D eigenvalue weighted by atomic mass is 10.3. The summed E-state index contributed by atoms with van der Waals surface area (Å²) in [7, 11) is -3.65. The lowest BCUT2D eigenvalue weighted by Gasteiger charge is -2.12. The number of aryl methyl sites for hydroxylation is 1. The number of nitrogens with one attached hydrogen (secondary N) is 2. The third kappa shape index (κ3) is 4.79. The SMILES string of the molecule is CCS(=O)(=O)c1cc(F)ccc1NC(=O)NCCCn1cccn1. The Morgan fingerprint density at radius 3 is 2.83 bits per heavy atom. The zero-order chi connectivity index (χ0) is 17.6. The Kier molecular flexibility index (Phi) is 5.91. The molecule has 0 saturated heterocycles. The molecule has 2 N–H and O–H groups in total. The smallest absolute Gasteiger partial charge is 0.319 e. The van der Waals surface area contributed by atoms with Gasteiger partial charge in [0.15, 0.2) is 9.84 Å². The van der Waals surface area contributed by atoms with Crippen molar-refractivity contribution in [1.82, 2.24) is 15.1 Å². The molecule has 9 heteroatoms. The Morgan fingerprint density at radius 2 is 2.17 bits per heavy atom. The molecule has 24 heavy (non-hydrogen) atoms. The number of carbonyl (C=O) groups is 1. The van der Waals surface area contributed by atoms with Crippen molar-refractivity contribution in [3.05, 3.63) is 42.5 Å². The van der Waals surface area contributed by atoms with Crippen LogP contribution in [0.15, 0.2) is 41.6 Å². The number of anilines is 1. The van der Waals surface area contributed by atoms with Crippen LogP contribution in [0.4, 0.5) is 14.9 Å². The highest BCUT2D eigenvalue weighted by Crippen LogP contribution is 2.23. The second kappa shape index (κ2) is 7.91. The molecule has 0 fully saturated rings. The van der Waals surface area contributed by atoms with Crippen LogP contribution >= 0.6 is 0 Å². The molecule has 130 valence electrons. The number of aromatic nitrogens is 2. The molecule has 0 aliphatic heterocycles. The zero-order valence-corrected chi connectivity index (χ0v) is 14.0. The normalized spacial score (nSPS) is 11.2. The van der Waals surface area contributed by atoms with Gasteiger partial charge in [-0.15, -0.1) is 0 Å². The first-order valence-corrected chi connectivity index (χ1v) is 9.12. The molecule has 2 amide bonds. The summed E-state index contributed by atoms with van der Waals surface area (Å²) in [6.45, 7) is 2.50. The number of nitrogens with zero attached hydrogens (tertiary/aromatic N) is 2. The highest BCUT2D eigenvalue weighted by atomic mass is 32.2. The van der Waals surface area contributed by atoms with E-state index >= 15 is 0 Å². The molecular formula is C15H19FN4O3S. The highest BCUT2D eigenvalue weighted by molar-refractivity contribution is 7.91. The number of hydrogen-bond donors (Lipinski definition) is 2. The van der Waals surface area contributed by atoms with E-state index in [9.17, 15) is 17.6 Å². The van der Waals surface area contributed by atoms with Crippen LogP contribution in [0.1, 0.15) is 13.3 Å². The van der Waals surface area contributed by atoms with Gasteiger partial charge >= 0.3 is 6.03 Å². The Hall–Kier alpha value is -2.42. The first-order valence-electron chi connectivity index (χ1n) is 7.47. The van der Waals surface area contributed by atoms with Crippen LogP contribution in [0.25, 0.3) is 0 Å². The first kappa shape index (κ1) is 17.9. The van der Waals surface area contributed by atoms with Crippen LogP contribution < -0.4 is 10.6 Å². The van der Waals surface area contributed by atoms with Gasteiger partial charge in [0.2, 0.25) is 0 Å². The van der Waals surface area contributed by atoms with E-state index in [0.717, 1.165) is 12.1 Å². The molecule has 0 spiro atoms. The molecule has 1 heterocycles. The Bertz CT molecular complexity index is 791. The molecule has 0 saturated carbocycles. The number of amides is 2. The van der Waals surface area contributed by atoms with E-state index in [1.807, 2.05) is 12.3 Å². The molecular weight excluding hydrogens is 335 g/mol. The fourth-order valence-electron chi connectivity index (χ4n) is 2.05. The van der Waals surface area contributed by atoms with Crippen molar-refractivity contribution >= 4 is 21.6 Å². The van der Waals surface area contributed by atoms with Gasteiger partial charge in [-0.2, -0.15) is 5.10 Å². The average Bonchev–Trinajstić information content (AvgIpc) is 3.06. The number of carbonyl (C=O) groups excluding carboxylic acids is 1. The van der Waals surface area contributed by atoms with Gasteiger partial charge in [0.05, 0.1) is 16.3 Å². The van der Waals surface area contributed by atoms with Gasteiger partial charge in [0.1, 0.15) is 5.82 Å².